The topological polar surface area (TPSA) is 84.5 Å². The molecule has 2 amide bonds. The van der Waals surface area contributed by atoms with Crippen molar-refractivity contribution < 1.29 is 19.1 Å². The Bertz CT molecular complexity index is 725. The monoisotopic (exact) mass is 328 g/mol. The van der Waals surface area contributed by atoms with Crippen molar-refractivity contribution in [3.63, 3.8) is 0 Å². The lowest BCUT2D eigenvalue weighted by molar-refractivity contribution is -0.125. The van der Waals surface area contributed by atoms with Crippen LogP contribution in [0.5, 0.6) is 0 Å². The summed E-state index contributed by atoms with van der Waals surface area (Å²) in [4.78, 5) is 38.0. The summed E-state index contributed by atoms with van der Waals surface area (Å²) < 4.78 is 5.50. The third kappa shape index (κ3) is 2.17. The molecule has 6 heteroatoms. The number of ketones is 1. The molecule has 2 fully saturated rings. The molecule has 6 nitrogen and oxygen atoms in total. The van der Waals surface area contributed by atoms with Crippen molar-refractivity contribution in [1.82, 2.24) is 5.32 Å². The highest BCUT2D eigenvalue weighted by Gasteiger charge is 2.73. The van der Waals surface area contributed by atoms with Crippen LogP contribution in [0.4, 0.5) is 5.69 Å². The largest absolute Gasteiger partial charge is 0.376 e. The number of fused-ring (bicyclic) bond motifs is 2. The summed E-state index contributed by atoms with van der Waals surface area (Å²) in [6, 6.07) is 6.95. The maximum atomic E-state index is 12.9. The van der Waals surface area contributed by atoms with Gasteiger partial charge in [0.25, 0.3) is 0 Å². The number of ether oxygens (including phenoxy) is 1. The second-order valence-corrected chi connectivity index (χ2v) is 6.98. The fourth-order valence-corrected chi connectivity index (χ4v) is 4.06. The summed E-state index contributed by atoms with van der Waals surface area (Å²) in [7, 11) is 0. The van der Waals surface area contributed by atoms with Crippen molar-refractivity contribution in [2.75, 3.05) is 18.5 Å². The molecule has 1 saturated heterocycles. The number of nitrogens with one attached hydrogen (secondary N) is 2. The van der Waals surface area contributed by atoms with Gasteiger partial charge in [0.05, 0.1) is 29.0 Å². The number of anilines is 1. The van der Waals surface area contributed by atoms with E-state index in [1.165, 1.54) is 0 Å². The molecule has 4 atom stereocenters. The van der Waals surface area contributed by atoms with Crippen LogP contribution in [0.2, 0.25) is 0 Å². The van der Waals surface area contributed by atoms with Gasteiger partial charge in [0.2, 0.25) is 11.8 Å². The molecule has 4 rings (SSSR count). The predicted octanol–water partition coefficient (Wildman–Crippen LogP) is 1.37. The molecule has 2 N–H and O–H groups in total. The molecule has 1 aliphatic carbocycles. The molecule has 0 aromatic heterocycles. The zero-order chi connectivity index (χ0) is 16.9. The molecule has 0 bridgehead atoms. The second-order valence-electron chi connectivity index (χ2n) is 6.98. The number of para-hydroxylation sites is 1. The van der Waals surface area contributed by atoms with E-state index < -0.39 is 17.3 Å². The smallest absolute Gasteiger partial charge is 0.229 e. The first-order valence-corrected chi connectivity index (χ1v) is 8.37. The maximum Gasteiger partial charge on any atom is 0.229 e. The third-order valence-electron chi connectivity index (χ3n) is 5.53. The van der Waals surface area contributed by atoms with Gasteiger partial charge < -0.3 is 15.4 Å². The van der Waals surface area contributed by atoms with Gasteiger partial charge in [0, 0.05) is 18.7 Å². The van der Waals surface area contributed by atoms with E-state index in [0.717, 1.165) is 19.4 Å². The number of rotatable bonds is 3. The minimum absolute atomic E-state index is 0.0376. The fraction of sp³-hybridized carbons (Fsp3) is 0.500. The Kier molecular flexibility index (Phi) is 3.46. The van der Waals surface area contributed by atoms with Crippen molar-refractivity contribution in [1.29, 1.82) is 0 Å². The van der Waals surface area contributed by atoms with Crippen LogP contribution in [0.15, 0.2) is 24.3 Å². The Morgan fingerprint density at radius 1 is 1.38 bits per heavy atom. The molecule has 1 aromatic rings. The highest BCUT2D eigenvalue weighted by molar-refractivity contribution is 6.19. The first-order chi connectivity index (χ1) is 11.5. The lowest BCUT2D eigenvalue weighted by Crippen LogP contribution is -2.35. The number of benzene rings is 1. The Labute approximate surface area is 139 Å². The summed E-state index contributed by atoms with van der Waals surface area (Å²) in [5.74, 6) is -1.85. The molecular weight excluding hydrogens is 308 g/mol. The SMILES string of the molecule is C[C@]12C(=O)c3ccccc3NC(=O)[C@@H]1[C@H]2C(=O)NC[C@@H]1CCCO1. The minimum atomic E-state index is -0.961. The van der Waals surface area contributed by atoms with Crippen LogP contribution in [0.25, 0.3) is 0 Å². The summed E-state index contributed by atoms with van der Waals surface area (Å²) in [6.07, 6.45) is 1.97. The van der Waals surface area contributed by atoms with Crippen molar-refractivity contribution >= 4 is 23.3 Å². The molecule has 24 heavy (non-hydrogen) atoms. The number of carbonyl (C=O) groups excluding carboxylic acids is 3. The van der Waals surface area contributed by atoms with Crippen molar-refractivity contribution in [3.8, 4) is 0 Å². The van der Waals surface area contributed by atoms with E-state index >= 15 is 0 Å². The predicted molar refractivity (Wildman–Crippen MR) is 86.5 cm³/mol. The van der Waals surface area contributed by atoms with Crippen molar-refractivity contribution in [2.24, 2.45) is 17.3 Å². The second kappa shape index (κ2) is 5.41. The van der Waals surface area contributed by atoms with Crippen molar-refractivity contribution in [2.45, 2.75) is 25.9 Å². The third-order valence-corrected chi connectivity index (χ3v) is 5.53. The van der Waals surface area contributed by atoms with Gasteiger partial charge >= 0.3 is 0 Å². The van der Waals surface area contributed by atoms with E-state index in [9.17, 15) is 14.4 Å². The fourth-order valence-electron chi connectivity index (χ4n) is 4.06. The highest BCUT2D eigenvalue weighted by atomic mass is 16.5. The molecule has 0 spiro atoms. The van der Waals surface area contributed by atoms with Crippen molar-refractivity contribution in [3.05, 3.63) is 29.8 Å². The average molecular weight is 328 g/mol. The van der Waals surface area contributed by atoms with E-state index in [-0.39, 0.29) is 23.7 Å². The normalized spacial score (nSPS) is 34.0. The Morgan fingerprint density at radius 3 is 2.92 bits per heavy atom. The quantitative estimate of drug-likeness (QED) is 0.878. The van der Waals surface area contributed by atoms with Crippen LogP contribution >= 0.6 is 0 Å². The number of hydrogen-bond donors (Lipinski definition) is 2. The van der Waals surface area contributed by atoms with Crippen LogP contribution in [0.3, 0.4) is 0 Å². The minimum Gasteiger partial charge on any atom is -0.376 e. The van der Waals surface area contributed by atoms with Gasteiger partial charge in [-0.1, -0.05) is 19.1 Å². The van der Waals surface area contributed by atoms with Gasteiger partial charge in [-0.05, 0) is 25.0 Å². The molecule has 3 aliphatic rings. The first-order valence-electron chi connectivity index (χ1n) is 8.37. The van der Waals surface area contributed by atoms with E-state index in [0.29, 0.717) is 17.8 Å². The number of hydrogen-bond acceptors (Lipinski definition) is 4. The van der Waals surface area contributed by atoms with Gasteiger partial charge in [-0.15, -0.1) is 0 Å². The van der Waals surface area contributed by atoms with Crippen LogP contribution in [-0.2, 0) is 14.3 Å². The van der Waals surface area contributed by atoms with Gasteiger partial charge in [0.15, 0.2) is 5.78 Å². The van der Waals surface area contributed by atoms with E-state index in [4.69, 9.17) is 4.74 Å². The number of amides is 2. The molecule has 0 radical (unpaired) electrons. The van der Waals surface area contributed by atoms with Crippen LogP contribution in [0.1, 0.15) is 30.1 Å². The standard InChI is InChI=1S/C18H20N2O4/c1-18-13(16(22)19-9-10-5-4-8-24-10)14(18)17(23)20-12-7-3-2-6-11(12)15(18)21/h2-3,6-7,10,13-14H,4-5,8-9H2,1H3,(H,19,22)(H,20,23)/t10-,13-,14-,18+/m0/s1. The van der Waals surface area contributed by atoms with Gasteiger partial charge in [0.1, 0.15) is 0 Å². The molecule has 1 aromatic carbocycles. The molecule has 2 heterocycles. The Hall–Kier alpha value is -2.21. The van der Waals surface area contributed by atoms with Gasteiger partial charge in [-0.3, -0.25) is 14.4 Å². The lowest BCUT2D eigenvalue weighted by atomic mass is 9.92. The molecular formula is C18H20N2O4. The average Bonchev–Trinajstić information content (AvgIpc) is 2.95. The molecule has 126 valence electrons. The summed E-state index contributed by atoms with van der Waals surface area (Å²) in [5, 5.41) is 5.64. The van der Waals surface area contributed by atoms with E-state index in [1.807, 2.05) is 0 Å². The van der Waals surface area contributed by atoms with Crippen LogP contribution in [-0.4, -0.2) is 36.9 Å². The van der Waals surface area contributed by atoms with Crippen LogP contribution < -0.4 is 10.6 Å². The Morgan fingerprint density at radius 2 is 2.17 bits per heavy atom. The van der Waals surface area contributed by atoms with E-state index in [2.05, 4.69) is 10.6 Å². The molecule has 0 unspecified atom stereocenters. The summed E-state index contributed by atoms with van der Waals surface area (Å²) in [6.45, 7) is 2.88. The highest BCUT2D eigenvalue weighted by Crippen LogP contribution is 2.62. The Balaban J connectivity index is 1.54. The van der Waals surface area contributed by atoms with Gasteiger partial charge in [-0.2, -0.15) is 0 Å². The van der Waals surface area contributed by atoms with Gasteiger partial charge in [-0.25, -0.2) is 0 Å². The first kappa shape index (κ1) is 15.3. The van der Waals surface area contributed by atoms with E-state index in [1.54, 1.807) is 31.2 Å². The summed E-state index contributed by atoms with van der Waals surface area (Å²) in [5.41, 5.74) is 0.0434. The van der Waals surface area contributed by atoms with Crippen LogP contribution in [0, 0.1) is 17.3 Å². The zero-order valence-electron chi connectivity index (χ0n) is 13.5. The zero-order valence-corrected chi connectivity index (χ0v) is 13.5. The summed E-state index contributed by atoms with van der Waals surface area (Å²) >= 11 is 0. The number of carbonyl (C=O) groups is 3. The molecule has 2 aliphatic heterocycles. The lowest BCUT2D eigenvalue weighted by Gasteiger charge is -2.14. The number of Topliss-reactive ketones (excluding diaryl/α,β-unsaturated/α-hetero) is 1. The molecule has 1 saturated carbocycles. The maximum absolute atomic E-state index is 12.9.